The van der Waals surface area contributed by atoms with Crippen LogP contribution in [0.1, 0.15) is 25.8 Å². The monoisotopic (exact) mass is 455 g/mol. The first-order valence-electron chi connectivity index (χ1n) is 9.67. The van der Waals surface area contributed by atoms with Crippen LogP contribution in [0.3, 0.4) is 0 Å². The van der Waals surface area contributed by atoms with Gasteiger partial charge in [0.25, 0.3) is 0 Å². The molecule has 1 aromatic rings. The number of ketones is 1. The van der Waals surface area contributed by atoms with Gasteiger partial charge in [0, 0.05) is 7.05 Å². The van der Waals surface area contributed by atoms with Crippen molar-refractivity contribution in [2.24, 2.45) is 17.6 Å². The molecule has 2 unspecified atom stereocenters. The third kappa shape index (κ3) is 8.46. The molecule has 2 atom stereocenters. The maximum absolute atomic E-state index is 12.7. The number of carboxylic acids is 1. The maximum Gasteiger partial charge on any atom is 0.305 e. The molecule has 0 saturated carbocycles. The van der Waals surface area contributed by atoms with Gasteiger partial charge in [-0.05, 0) is 17.9 Å². The Morgan fingerprint density at radius 2 is 1.71 bits per heavy atom. The first-order chi connectivity index (χ1) is 14.4. The molecule has 0 fully saturated rings. The summed E-state index contributed by atoms with van der Waals surface area (Å²) >= 11 is 0. The Kier molecular flexibility index (Phi) is 9.79. The molecule has 0 heterocycles. The highest BCUT2D eigenvalue weighted by atomic mass is 32.2. The molecule has 11 heteroatoms. The van der Waals surface area contributed by atoms with Crippen molar-refractivity contribution in [1.29, 1.82) is 0 Å². The molecule has 0 spiro atoms. The summed E-state index contributed by atoms with van der Waals surface area (Å²) in [5, 5.41) is 9.14. The number of primary amides is 1. The summed E-state index contributed by atoms with van der Waals surface area (Å²) in [6.07, 6.45) is -0.508. The fourth-order valence-corrected chi connectivity index (χ4v) is 4.02. The van der Waals surface area contributed by atoms with Gasteiger partial charge in [-0.25, -0.2) is 13.1 Å². The number of aryl methyl sites for hydroxylation is 1. The van der Waals surface area contributed by atoms with Crippen LogP contribution in [0.5, 0.6) is 0 Å². The van der Waals surface area contributed by atoms with E-state index in [0.29, 0.717) is 0 Å². The van der Waals surface area contributed by atoms with Gasteiger partial charge in [0.1, 0.15) is 12.0 Å². The summed E-state index contributed by atoms with van der Waals surface area (Å²) in [7, 11) is -2.63. The van der Waals surface area contributed by atoms with Gasteiger partial charge in [0.15, 0.2) is 5.78 Å². The Labute approximate surface area is 181 Å². The van der Waals surface area contributed by atoms with Gasteiger partial charge in [-0.15, -0.1) is 0 Å². The SMILES string of the molecule is CC(C)C(C(N)=O)C(=O)N(C)C(CC(=O)O)C(=O)CNS(=O)(=O)CCc1ccccc1. The smallest absolute Gasteiger partial charge is 0.305 e. The Balaban J connectivity index is 2.86. The lowest BCUT2D eigenvalue weighted by atomic mass is 9.92. The number of nitrogens with one attached hydrogen (secondary N) is 1. The van der Waals surface area contributed by atoms with Crippen LogP contribution in [0.25, 0.3) is 0 Å². The number of carboxylic acid groups (broad SMARTS) is 1. The van der Waals surface area contributed by atoms with Crippen molar-refractivity contribution >= 4 is 33.6 Å². The van der Waals surface area contributed by atoms with E-state index >= 15 is 0 Å². The maximum atomic E-state index is 12.7. The van der Waals surface area contributed by atoms with Crippen molar-refractivity contribution in [2.75, 3.05) is 19.3 Å². The molecule has 10 nitrogen and oxygen atoms in total. The van der Waals surface area contributed by atoms with E-state index in [-0.39, 0.29) is 12.2 Å². The number of aliphatic carboxylic acids is 1. The van der Waals surface area contributed by atoms with Gasteiger partial charge in [-0.1, -0.05) is 44.2 Å². The minimum Gasteiger partial charge on any atom is -0.481 e. The largest absolute Gasteiger partial charge is 0.481 e. The molecule has 172 valence electrons. The highest BCUT2D eigenvalue weighted by Crippen LogP contribution is 2.16. The third-order valence-electron chi connectivity index (χ3n) is 4.76. The number of carbonyl (C=O) groups is 4. The van der Waals surface area contributed by atoms with Gasteiger partial charge in [0.05, 0.1) is 18.7 Å². The van der Waals surface area contributed by atoms with Crippen molar-refractivity contribution in [1.82, 2.24) is 9.62 Å². The van der Waals surface area contributed by atoms with Gasteiger partial charge >= 0.3 is 5.97 Å². The van der Waals surface area contributed by atoms with Gasteiger partial charge in [0.2, 0.25) is 21.8 Å². The molecule has 2 amide bonds. The van der Waals surface area contributed by atoms with E-state index in [9.17, 15) is 27.6 Å². The molecule has 0 saturated heterocycles. The number of nitrogens with two attached hydrogens (primary N) is 1. The summed E-state index contributed by atoms with van der Waals surface area (Å²) in [5.41, 5.74) is 6.08. The summed E-state index contributed by atoms with van der Waals surface area (Å²) < 4.78 is 26.6. The lowest BCUT2D eigenvalue weighted by Gasteiger charge is -2.30. The molecule has 0 aliphatic heterocycles. The van der Waals surface area contributed by atoms with Crippen LogP contribution in [0, 0.1) is 11.8 Å². The standard InChI is InChI=1S/C20H29N3O7S/c1-13(2)18(19(21)27)20(28)23(3)15(11-17(25)26)16(24)12-22-31(29,30)10-9-14-7-5-4-6-8-14/h4-8,13,15,18,22H,9-12H2,1-3H3,(H2,21,27)(H,25,26). The van der Waals surface area contributed by atoms with E-state index in [1.54, 1.807) is 44.2 Å². The summed E-state index contributed by atoms with van der Waals surface area (Å²) in [6.45, 7) is 2.50. The molecular formula is C20H29N3O7S. The zero-order valence-electron chi connectivity index (χ0n) is 17.8. The molecule has 1 aromatic carbocycles. The number of nitrogens with zero attached hydrogens (tertiary/aromatic N) is 1. The predicted octanol–water partition coefficient (Wildman–Crippen LogP) is -0.223. The van der Waals surface area contributed by atoms with Gasteiger partial charge < -0.3 is 15.7 Å². The number of sulfonamides is 1. The molecule has 0 radical (unpaired) electrons. The van der Waals surface area contributed by atoms with Crippen LogP contribution in [-0.2, 0) is 35.6 Å². The lowest BCUT2D eigenvalue weighted by Crippen LogP contribution is -2.52. The predicted molar refractivity (Wildman–Crippen MR) is 113 cm³/mol. The number of amides is 2. The number of rotatable bonds is 13. The van der Waals surface area contributed by atoms with E-state index in [2.05, 4.69) is 4.72 Å². The third-order valence-corrected chi connectivity index (χ3v) is 6.09. The van der Waals surface area contributed by atoms with Crippen molar-refractivity contribution in [3.8, 4) is 0 Å². The van der Waals surface area contributed by atoms with Crippen LogP contribution >= 0.6 is 0 Å². The molecule has 0 aliphatic rings. The Morgan fingerprint density at radius 3 is 2.19 bits per heavy atom. The topological polar surface area (TPSA) is 164 Å². The summed E-state index contributed by atoms with van der Waals surface area (Å²) in [6, 6.07) is 7.44. The second-order valence-electron chi connectivity index (χ2n) is 7.53. The number of Topliss-reactive ketones (excluding diaryl/α,β-unsaturated/α-hetero) is 1. The second kappa shape index (κ2) is 11.6. The highest BCUT2D eigenvalue weighted by molar-refractivity contribution is 7.89. The lowest BCUT2D eigenvalue weighted by molar-refractivity contribution is -0.149. The minimum absolute atomic E-state index is 0.232. The molecular weight excluding hydrogens is 426 g/mol. The summed E-state index contributed by atoms with van der Waals surface area (Å²) in [5.74, 6) is -5.83. The number of hydrogen-bond donors (Lipinski definition) is 3. The van der Waals surface area contributed by atoms with Crippen LogP contribution < -0.4 is 10.5 Å². The van der Waals surface area contributed by atoms with Gasteiger partial charge in [-0.3, -0.25) is 19.2 Å². The fourth-order valence-electron chi connectivity index (χ4n) is 3.01. The van der Waals surface area contributed by atoms with Crippen LogP contribution in [0.2, 0.25) is 0 Å². The zero-order chi connectivity index (χ0) is 23.8. The van der Waals surface area contributed by atoms with Crippen molar-refractivity contribution < 1.29 is 32.7 Å². The quantitative estimate of drug-likeness (QED) is 0.346. The number of carbonyl (C=O) groups excluding carboxylic acids is 3. The Morgan fingerprint density at radius 1 is 1.13 bits per heavy atom. The Bertz CT molecular complexity index is 901. The summed E-state index contributed by atoms with van der Waals surface area (Å²) in [4.78, 5) is 49.0. The first-order valence-corrected chi connectivity index (χ1v) is 11.3. The van der Waals surface area contributed by atoms with E-state index in [1.165, 1.54) is 7.05 Å². The van der Waals surface area contributed by atoms with Crippen LogP contribution in [-0.4, -0.2) is 67.4 Å². The first kappa shape index (κ1) is 26.2. The highest BCUT2D eigenvalue weighted by Gasteiger charge is 2.36. The van der Waals surface area contributed by atoms with E-state index in [4.69, 9.17) is 10.8 Å². The average Bonchev–Trinajstić information content (AvgIpc) is 2.68. The van der Waals surface area contributed by atoms with Crippen molar-refractivity contribution in [3.63, 3.8) is 0 Å². The van der Waals surface area contributed by atoms with E-state index in [1.807, 2.05) is 0 Å². The normalized spacial score (nSPS) is 13.4. The fraction of sp³-hybridized carbons (Fsp3) is 0.500. The molecule has 1 rings (SSSR count). The Hall–Kier alpha value is -2.79. The minimum atomic E-state index is -3.82. The average molecular weight is 456 g/mol. The number of hydrogen-bond acceptors (Lipinski definition) is 6. The van der Waals surface area contributed by atoms with Crippen LogP contribution in [0.15, 0.2) is 30.3 Å². The molecule has 31 heavy (non-hydrogen) atoms. The van der Waals surface area contributed by atoms with E-state index in [0.717, 1.165) is 10.5 Å². The number of benzene rings is 1. The van der Waals surface area contributed by atoms with Crippen molar-refractivity contribution in [3.05, 3.63) is 35.9 Å². The van der Waals surface area contributed by atoms with E-state index < -0.39 is 64.4 Å². The van der Waals surface area contributed by atoms with Gasteiger partial charge in [-0.2, -0.15) is 0 Å². The van der Waals surface area contributed by atoms with Crippen LogP contribution in [0.4, 0.5) is 0 Å². The molecule has 4 N–H and O–H groups in total. The molecule has 0 aliphatic carbocycles. The number of likely N-dealkylation sites (N-methyl/N-ethyl adjacent to an activating group) is 1. The molecule has 0 aromatic heterocycles. The molecule has 0 bridgehead atoms. The van der Waals surface area contributed by atoms with Crippen molar-refractivity contribution in [2.45, 2.75) is 32.7 Å². The second-order valence-corrected chi connectivity index (χ2v) is 9.46. The zero-order valence-corrected chi connectivity index (χ0v) is 18.6.